The molecule has 1 aromatic carbocycles. The smallest absolute Gasteiger partial charge is 0.196 e. The van der Waals surface area contributed by atoms with Gasteiger partial charge in [-0.25, -0.2) is 9.97 Å². The summed E-state index contributed by atoms with van der Waals surface area (Å²) in [6, 6.07) is 5.18. The lowest BCUT2D eigenvalue weighted by atomic mass is 10.0. The number of rotatable bonds is 12. The van der Waals surface area contributed by atoms with Gasteiger partial charge in [-0.1, -0.05) is 36.4 Å². The van der Waals surface area contributed by atoms with E-state index in [4.69, 9.17) is 16.3 Å². The van der Waals surface area contributed by atoms with Crippen LogP contribution < -0.4 is 10.1 Å². The Labute approximate surface area is 227 Å². The lowest BCUT2D eigenvalue weighted by molar-refractivity contribution is -0.108. The Morgan fingerprint density at radius 2 is 2.08 bits per heavy atom. The number of carbonyl (C=O) groups is 2. The van der Waals surface area contributed by atoms with E-state index in [1.165, 1.54) is 6.33 Å². The maximum absolute atomic E-state index is 13.6. The van der Waals surface area contributed by atoms with Gasteiger partial charge in [0, 0.05) is 43.4 Å². The highest BCUT2D eigenvalue weighted by Crippen LogP contribution is 2.31. The van der Waals surface area contributed by atoms with Gasteiger partial charge in [-0.15, -0.1) is 0 Å². The Morgan fingerprint density at radius 1 is 1.26 bits per heavy atom. The molecule has 0 aliphatic carbocycles. The molecule has 1 aliphatic rings. The molecule has 2 aromatic heterocycles. The number of aldehydes is 1. The number of ketones is 1. The maximum Gasteiger partial charge on any atom is 0.196 e. The van der Waals surface area contributed by atoms with E-state index in [2.05, 4.69) is 31.7 Å². The fraction of sp³-hybridized carbons (Fsp3) is 0.310. The molecule has 0 saturated carbocycles. The molecule has 2 N–H and O–H groups in total. The molecule has 38 heavy (non-hydrogen) atoms. The number of unbranched alkanes of at least 4 members (excludes halogenated alkanes) is 1. The molecule has 0 spiro atoms. The van der Waals surface area contributed by atoms with Crippen LogP contribution in [0.15, 0.2) is 67.4 Å². The number of fused-ring (bicyclic) bond motifs is 1. The third-order valence-electron chi connectivity index (χ3n) is 6.46. The number of hydrogen-bond donors (Lipinski definition) is 2. The topological polar surface area (TPSA) is 100 Å². The van der Waals surface area contributed by atoms with E-state index in [0.29, 0.717) is 45.9 Å². The summed E-state index contributed by atoms with van der Waals surface area (Å²) in [5.41, 5.74) is 1.38. The zero-order valence-electron chi connectivity index (χ0n) is 21.5. The van der Waals surface area contributed by atoms with Gasteiger partial charge in [0.15, 0.2) is 5.78 Å². The molecule has 9 heteroatoms. The number of anilines is 1. The molecule has 1 aliphatic heterocycles. The van der Waals surface area contributed by atoms with Crippen molar-refractivity contribution in [2.24, 2.45) is 0 Å². The highest BCUT2D eigenvalue weighted by Gasteiger charge is 2.24. The highest BCUT2D eigenvalue weighted by atomic mass is 35.5. The summed E-state index contributed by atoms with van der Waals surface area (Å²) in [4.78, 5) is 38.4. The minimum absolute atomic E-state index is 0.225. The lowest BCUT2D eigenvalue weighted by Gasteiger charge is -2.32. The van der Waals surface area contributed by atoms with Crippen molar-refractivity contribution in [3.05, 3.63) is 83.5 Å². The Balaban J connectivity index is 1.48. The van der Waals surface area contributed by atoms with E-state index >= 15 is 0 Å². The van der Waals surface area contributed by atoms with E-state index in [1.807, 2.05) is 25.2 Å². The molecule has 0 amide bonds. The van der Waals surface area contributed by atoms with Crippen LogP contribution in [0, 0.1) is 0 Å². The highest BCUT2D eigenvalue weighted by molar-refractivity contribution is 6.35. The SMILES string of the molecule is C=C(/C=C\C=C/C)Oc1ccc(C(=O)c2c[nH]c3ncnc(NC4CCN(CCCC=O)CC4)c23)c(Cl)c1. The second-order valence-electron chi connectivity index (χ2n) is 9.14. The van der Waals surface area contributed by atoms with Crippen molar-refractivity contribution < 1.29 is 14.3 Å². The number of aromatic amines is 1. The zero-order valence-corrected chi connectivity index (χ0v) is 22.2. The van der Waals surface area contributed by atoms with Crippen molar-refractivity contribution in [3.63, 3.8) is 0 Å². The first kappa shape index (κ1) is 27.3. The van der Waals surface area contributed by atoms with Crippen LogP contribution in [0.25, 0.3) is 11.0 Å². The Kier molecular flexibility index (Phi) is 9.46. The Hall–Kier alpha value is -3.75. The van der Waals surface area contributed by atoms with Crippen molar-refractivity contribution >= 4 is 40.5 Å². The first-order valence-corrected chi connectivity index (χ1v) is 13.1. The molecule has 1 saturated heterocycles. The monoisotopic (exact) mass is 533 g/mol. The summed E-state index contributed by atoms with van der Waals surface area (Å²) >= 11 is 6.52. The van der Waals surface area contributed by atoms with Crippen LogP contribution in [0.5, 0.6) is 5.75 Å². The second kappa shape index (κ2) is 13.2. The molecule has 1 fully saturated rings. The average Bonchev–Trinajstić information content (AvgIpc) is 3.35. The predicted molar refractivity (Wildman–Crippen MR) is 151 cm³/mol. The molecule has 0 unspecified atom stereocenters. The van der Waals surface area contributed by atoms with Gasteiger partial charge in [0.25, 0.3) is 0 Å². The van der Waals surface area contributed by atoms with Crippen molar-refractivity contribution in [2.75, 3.05) is 25.0 Å². The minimum atomic E-state index is -0.234. The molecular formula is C29H32ClN5O3. The van der Waals surface area contributed by atoms with Crippen LogP contribution in [0.4, 0.5) is 5.82 Å². The standard InChI is InChI=1S/C29H32ClN5O3/c1-3-4-5-8-20(2)38-22-9-10-23(25(30)17-22)27(37)24-18-31-28-26(24)29(33-19-32-28)34-21-11-14-35(15-12-21)13-6-7-16-36/h3-5,8-10,16-19,21H,2,6-7,11-15H2,1H3,(H2,31,32,33,34)/b4-3-,8-5-. The summed E-state index contributed by atoms with van der Waals surface area (Å²) < 4.78 is 5.71. The average molecular weight is 534 g/mol. The maximum atomic E-state index is 13.6. The van der Waals surface area contributed by atoms with Gasteiger partial charge in [-0.05, 0) is 50.9 Å². The fourth-order valence-corrected chi connectivity index (χ4v) is 4.75. The van der Waals surface area contributed by atoms with E-state index in [-0.39, 0.29) is 16.8 Å². The van der Waals surface area contributed by atoms with E-state index < -0.39 is 0 Å². The Morgan fingerprint density at radius 3 is 2.82 bits per heavy atom. The fourth-order valence-electron chi connectivity index (χ4n) is 4.49. The molecule has 4 rings (SSSR count). The first-order chi connectivity index (χ1) is 18.5. The van der Waals surface area contributed by atoms with Crippen LogP contribution in [-0.4, -0.2) is 57.6 Å². The van der Waals surface area contributed by atoms with E-state index in [0.717, 1.165) is 45.2 Å². The largest absolute Gasteiger partial charge is 0.458 e. The third kappa shape index (κ3) is 6.76. The molecule has 0 radical (unpaired) electrons. The number of aromatic nitrogens is 3. The summed E-state index contributed by atoms with van der Waals surface area (Å²) in [5, 5.41) is 4.45. The van der Waals surface area contributed by atoms with Gasteiger partial charge in [0.05, 0.1) is 16.0 Å². The number of carbonyl (C=O) groups excluding carboxylic acids is 2. The number of nitrogens with zero attached hydrogens (tertiary/aromatic N) is 3. The number of benzene rings is 1. The van der Waals surface area contributed by atoms with Crippen LogP contribution in [0.1, 0.15) is 48.5 Å². The van der Waals surface area contributed by atoms with Gasteiger partial charge in [-0.3, -0.25) is 4.79 Å². The Bertz CT molecular complexity index is 1360. The quantitative estimate of drug-likeness (QED) is 0.101. The number of nitrogens with one attached hydrogen (secondary N) is 2. The predicted octanol–water partition coefficient (Wildman–Crippen LogP) is 5.72. The van der Waals surface area contributed by atoms with Crippen molar-refractivity contribution in [3.8, 4) is 5.75 Å². The zero-order chi connectivity index (χ0) is 26.9. The van der Waals surface area contributed by atoms with E-state index in [1.54, 1.807) is 30.5 Å². The normalized spacial score (nSPS) is 14.9. The minimum Gasteiger partial charge on any atom is -0.458 e. The lowest BCUT2D eigenvalue weighted by Crippen LogP contribution is -2.39. The van der Waals surface area contributed by atoms with Crippen LogP contribution >= 0.6 is 11.6 Å². The van der Waals surface area contributed by atoms with Crippen molar-refractivity contribution in [1.82, 2.24) is 19.9 Å². The number of ether oxygens (including phenoxy) is 1. The van der Waals surface area contributed by atoms with Gasteiger partial charge in [0.1, 0.15) is 35.6 Å². The molecule has 8 nitrogen and oxygen atoms in total. The van der Waals surface area contributed by atoms with Gasteiger partial charge >= 0.3 is 0 Å². The van der Waals surface area contributed by atoms with Crippen molar-refractivity contribution in [1.29, 1.82) is 0 Å². The summed E-state index contributed by atoms with van der Waals surface area (Å²) in [7, 11) is 0. The number of H-pyrrole nitrogens is 1. The number of hydrogen-bond acceptors (Lipinski definition) is 7. The number of piperidine rings is 1. The molecule has 198 valence electrons. The van der Waals surface area contributed by atoms with Crippen LogP contribution in [0.2, 0.25) is 5.02 Å². The molecule has 0 atom stereocenters. The number of halogens is 1. The molecular weight excluding hydrogens is 502 g/mol. The number of allylic oxidation sites excluding steroid dienone is 4. The molecule has 3 heterocycles. The van der Waals surface area contributed by atoms with Gasteiger partial charge < -0.3 is 24.7 Å². The molecule has 3 aromatic rings. The summed E-state index contributed by atoms with van der Waals surface area (Å²) in [5.74, 6) is 1.33. The first-order valence-electron chi connectivity index (χ1n) is 12.7. The summed E-state index contributed by atoms with van der Waals surface area (Å²) in [6.07, 6.45) is 14.8. The van der Waals surface area contributed by atoms with Crippen LogP contribution in [0.3, 0.4) is 0 Å². The van der Waals surface area contributed by atoms with Gasteiger partial charge in [0.2, 0.25) is 0 Å². The van der Waals surface area contributed by atoms with Crippen molar-refractivity contribution in [2.45, 2.75) is 38.6 Å². The van der Waals surface area contributed by atoms with E-state index in [9.17, 15) is 9.59 Å². The van der Waals surface area contributed by atoms with Crippen LogP contribution in [-0.2, 0) is 4.79 Å². The summed E-state index contributed by atoms with van der Waals surface area (Å²) in [6.45, 7) is 8.63. The number of likely N-dealkylation sites (tertiary alicyclic amines) is 1. The van der Waals surface area contributed by atoms with Gasteiger partial charge in [-0.2, -0.15) is 0 Å². The molecule has 0 bridgehead atoms. The third-order valence-corrected chi connectivity index (χ3v) is 6.77. The second-order valence-corrected chi connectivity index (χ2v) is 9.55.